The lowest BCUT2D eigenvalue weighted by atomic mass is 10.1. The monoisotopic (exact) mass is 528 g/mol. The minimum atomic E-state index is -0.615. The molecule has 184 valence electrons. The molecule has 2 saturated heterocycles. The number of amides is 4. The van der Waals surface area contributed by atoms with Gasteiger partial charge in [-0.15, -0.1) is 0 Å². The zero-order valence-corrected chi connectivity index (χ0v) is 19.5. The minimum absolute atomic E-state index is 0.0456. The van der Waals surface area contributed by atoms with Crippen molar-refractivity contribution in [3.05, 3.63) is 58.7 Å². The van der Waals surface area contributed by atoms with Crippen LogP contribution in [0.3, 0.4) is 0 Å². The Balaban J connectivity index is 0.000000201. The van der Waals surface area contributed by atoms with E-state index in [1.165, 1.54) is 48.6 Å². The summed E-state index contributed by atoms with van der Waals surface area (Å²) in [4.78, 5) is 46.1. The van der Waals surface area contributed by atoms with Gasteiger partial charge < -0.3 is 20.4 Å². The standard InChI is InChI=1S/2C11H8N2O4S/c2*14-7-2-1-5(4-8(7)15)3-6-9(16)12-11(18)13-10(6)17/h2*1-4,14-15H,(H2,12,13,16,17,18). The van der Waals surface area contributed by atoms with Gasteiger partial charge in [0.05, 0.1) is 0 Å². The maximum absolute atomic E-state index is 11.5. The van der Waals surface area contributed by atoms with E-state index in [-0.39, 0.29) is 44.4 Å². The van der Waals surface area contributed by atoms with Gasteiger partial charge in [-0.25, -0.2) is 0 Å². The summed E-state index contributed by atoms with van der Waals surface area (Å²) in [6.45, 7) is 0. The summed E-state index contributed by atoms with van der Waals surface area (Å²) in [5.74, 6) is -3.69. The predicted octanol–water partition coefficient (Wildman–Crippen LogP) is 0.0242. The van der Waals surface area contributed by atoms with Crippen LogP contribution in [0.15, 0.2) is 47.5 Å². The lowest BCUT2D eigenvalue weighted by molar-refractivity contribution is -0.124. The smallest absolute Gasteiger partial charge is 0.263 e. The van der Waals surface area contributed by atoms with E-state index >= 15 is 0 Å². The molecule has 36 heavy (non-hydrogen) atoms. The summed E-state index contributed by atoms with van der Waals surface area (Å²) in [5, 5.41) is 45.9. The Hall–Kier alpha value is -4.82. The van der Waals surface area contributed by atoms with Crippen molar-refractivity contribution in [3.8, 4) is 23.0 Å². The molecule has 0 radical (unpaired) electrons. The third-order valence-electron chi connectivity index (χ3n) is 4.51. The third kappa shape index (κ3) is 6.19. The molecule has 0 atom stereocenters. The molecule has 0 aromatic heterocycles. The zero-order chi connectivity index (χ0) is 26.6. The van der Waals surface area contributed by atoms with Crippen molar-refractivity contribution in [1.29, 1.82) is 0 Å². The quantitative estimate of drug-likeness (QED) is 0.114. The Bertz CT molecular complexity index is 1250. The van der Waals surface area contributed by atoms with Crippen LogP contribution in [0, 0.1) is 0 Å². The fraction of sp³-hybridized carbons (Fsp3) is 0. The Morgan fingerprint density at radius 3 is 1.11 bits per heavy atom. The summed E-state index contributed by atoms with van der Waals surface area (Å²) in [6, 6.07) is 7.88. The molecule has 2 heterocycles. The van der Waals surface area contributed by atoms with Crippen molar-refractivity contribution in [3.63, 3.8) is 0 Å². The first-order valence-electron chi connectivity index (χ1n) is 9.75. The molecular weight excluding hydrogens is 512 g/mol. The van der Waals surface area contributed by atoms with E-state index < -0.39 is 23.6 Å². The van der Waals surface area contributed by atoms with Crippen molar-refractivity contribution in [1.82, 2.24) is 21.3 Å². The Morgan fingerprint density at radius 2 is 0.833 bits per heavy atom. The van der Waals surface area contributed by atoms with Crippen LogP contribution in [-0.4, -0.2) is 54.3 Å². The SMILES string of the molecule is O=C1NC(=S)NC(=O)C1=Cc1ccc(O)c(O)c1.O=C1NC(=S)NC(=O)C1=Cc1ccc(O)c(O)c1. The number of thiocarbonyl (C=S) groups is 2. The lowest BCUT2D eigenvalue weighted by Gasteiger charge is -2.16. The minimum Gasteiger partial charge on any atom is -0.504 e. The van der Waals surface area contributed by atoms with Gasteiger partial charge in [0.1, 0.15) is 11.1 Å². The van der Waals surface area contributed by atoms with Crippen LogP contribution in [0.2, 0.25) is 0 Å². The van der Waals surface area contributed by atoms with Crippen LogP contribution in [0.1, 0.15) is 11.1 Å². The number of aromatic hydroxyl groups is 4. The van der Waals surface area contributed by atoms with Crippen LogP contribution in [0.4, 0.5) is 0 Å². The molecule has 8 N–H and O–H groups in total. The second-order valence-electron chi connectivity index (χ2n) is 7.09. The zero-order valence-electron chi connectivity index (χ0n) is 17.9. The molecule has 0 bridgehead atoms. The third-order valence-corrected chi connectivity index (χ3v) is 4.92. The number of hydrogen-bond donors (Lipinski definition) is 8. The van der Waals surface area contributed by atoms with Gasteiger partial charge in [-0.05, 0) is 72.0 Å². The Morgan fingerprint density at radius 1 is 0.528 bits per heavy atom. The number of phenols is 4. The van der Waals surface area contributed by atoms with Gasteiger partial charge in [0.2, 0.25) is 0 Å². The molecule has 0 spiro atoms. The number of phenolic OH excluding ortho intramolecular Hbond substituents is 4. The van der Waals surface area contributed by atoms with E-state index in [4.69, 9.17) is 10.2 Å². The first-order chi connectivity index (χ1) is 16.9. The summed E-state index contributed by atoms with van der Waals surface area (Å²) < 4.78 is 0. The number of nitrogens with one attached hydrogen (secondary N) is 4. The molecule has 2 fully saturated rings. The highest BCUT2D eigenvalue weighted by Crippen LogP contribution is 2.27. The average molecular weight is 529 g/mol. The normalized spacial score (nSPS) is 15.1. The van der Waals surface area contributed by atoms with Gasteiger partial charge in [0, 0.05) is 0 Å². The van der Waals surface area contributed by atoms with E-state index in [2.05, 4.69) is 45.7 Å². The molecule has 2 aromatic rings. The summed E-state index contributed by atoms with van der Waals surface area (Å²) in [7, 11) is 0. The second-order valence-corrected chi connectivity index (χ2v) is 7.90. The van der Waals surface area contributed by atoms with Gasteiger partial charge in [-0.3, -0.25) is 40.4 Å². The van der Waals surface area contributed by atoms with Crippen molar-refractivity contribution in [2.24, 2.45) is 0 Å². The molecule has 12 nitrogen and oxygen atoms in total. The molecule has 4 rings (SSSR count). The molecule has 0 unspecified atom stereocenters. The number of carbonyl (C=O) groups is 4. The van der Waals surface area contributed by atoms with Crippen LogP contribution in [0.5, 0.6) is 23.0 Å². The fourth-order valence-electron chi connectivity index (χ4n) is 2.81. The van der Waals surface area contributed by atoms with Crippen molar-refractivity contribution >= 4 is 70.4 Å². The summed E-state index contributed by atoms with van der Waals surface area (Å²) in [5.41, 5.74) is 0.541. The Kier molecular flexibility index (Phi) is 7.61. The maximum Gasteiger partial charge on any atom is 0.263 e. The van der Waals surface area contributed by atoms with Crippen molar-refractivity contribution < 1.29 is 39.6 Å². The first kappa shape index (κ1) is 25.8. The van der Waals surface area contributed by atoms with Gasteiger partial charge in [-0.1, -0.05) is 12.1 Å². The van der Waals surface area contributed by atoms with E-state index in [1.54, 1.807) is 0 Å². The maximum atomic E-state index is 11.5. The molecule has 0 aliphatic carbocycles. The first-order valence-corrected chi connectivity index (χ1v) is 10.6. The highest BCUT2D eigenvalue weighted by Gasteiger charge is 2.26. The van der Waals surface area contributed by atoms with Gasteiger partial charge in [0.15, 0.2) is 33.2 Å². The van der Waals surface area contributed by atoms with Gasteiger partial charge in [-0.2, -0.15) is 0 Å². The summed E-state index contributed by atoms with van der Waals surface area (Å²) in [6.07, 6.45) is 2.57. The van der Waals surface area contributed by atoms with Crippen LogP contribution < -0.4 is 21.3 Å². The topological polar surface area (TPSA) is 197 Å². The van der Waals surface area contributed by atoms with E-state index in [0.717, 1.165) is 0 Å². The second kappa shape index (κ2) is 10.6. The van der Waals surface area contributed by atoms with E-state index in [1.807, 2.05) is 0 Å². The highest BCUT2D eigenvalue weighted by molar-refractivity contribution is 7.80. The Labute approximate surface area is 212 Å². The average Bonchev–Trinajstić information content (AvgIpc) is 2.78. The molecule has 0 saturated carbocycles. The van der Waals surface area contributed by atoms with E-state index in [0.29, 0.717) is 11.1 Å². The number of rotatable bonds is 2. The molecular formula is C22H16N4O8S2. The van der Waals surface area contributed by atoms with E-state index in [9.17, 15) is 29.4 Å². The highest BCUT2D eigenvalue weighted by atomic mass is 32.1. The molecule has 4 amide bonds. The molecule has 2 aliphatic rings. The van der Waals surface area contributed by atoms with Gasteiger partial charge >= 0.3 is 0 Å². The number of benzene rings is 2. The largest absolute Gasteiger partial charge is 0.504 e. The van der Waals surface area contributed by atoms with Crippen molar-refractivity contribution in [2.75, 3.05) is 0 Å². The number of carbonyl (C=O) groups excluding carboxylic acids is 4. The summed E-state index contributed by atoms with van der Waals surface area (Å²) >= 11 is 9.30. The number of hydrogen-bond acceptors (Lipinski definition) is 10. The van der Waals surface area contributed by atoms with Gasteiger partial charge in [0.25, 0.3) is 23.6 Å². The molecule has 2 aliphatic heterocycles. The van der Waals surface area contributed by atoms with Crippen molar-refractivity contribution in [2.45, 2.75) is 0 Å². The predicted molar refractivity (Wildman–Crippen MR) is 133 cm³/mol. The fourth-order valence-corrected chi connectivity index (χ4v) is 3.18. The lowest BCUT2D eigenvalue weighted by Crippen LogP contribution is -2.51. The molecule has 2 aromatic carbocycles. The van der Waals surface area contributed by atoms with Crippen LogP contribution >= 0.6 is 24.4 Å². The van der Waals surface area contributed by atoms with Crippen LogP contribution in [-0.2, 0) is 19.2 Å². The van der Waals surface area contributed by atoms with Crippen LogP contribution in [0.25, 0.3) is 12.2 Å². The molecule has 14 heteroatoms.